The Hall–Kier alpha value is -7.04. The summed E-state index contributed by atoms with van der Waals surface area (Å²) < 4.78 is 24.1. The van der Waals surface area contributed by atoms with E-state index in [0.717, 1.165) is 9.47 Å². The second kappa shape index (κ2) is 16.9. The molecule has 3 unspecified atom stereocenters. The van der Waals surface area contributed by atoms with Crippen LogP contribution in [0.25, 0.3) is 53.9 Å². The highest BCUT2D eigenvalue weighted by atomic mass is 16.5. The minimum absolute atomic E-state index is 0.0223. The fraction of sp³-hybridized carbons (Fsp3) is 0.404. The molecule has 17 heteroatoms. The molecule has 7 rings (SSSR count). The van der Waals surface area contributed by atoms with Gasteiger partial charge in [0.05, 0.1) is 58.9 Å². The third-order valence-corrected chi connectivity index (χ3v) is 11.6. The number of piperazine rings is 1. The first kappa shape index (κ1) is 45.0. The molecule has 6 aromatic rings. The van der Waals surface area contributed by atoms with Crippen molar-refractivity contribution in [1.82, 2.24) is 14.8 Å². The number of hydrogen-bond donors (Lipinski definition) is 1. The first-order valence-corrected chi connectivity index (χ1v) is 21.1. The van der Waals surface area contributed by atoms with E-state index in [-0.39, 0.29) is 67.2 Å². The molecule has 5 aromatic carbocycles. The number of ether oxygens (including phenoxy) is 4. The zero-order valence-corrected chi connectivity index (χ0v) is 37.1. The zero-order chi connectivity index (χ0) is 46.8. The highest BCUT2D eigenvalue weighted by Crippen LogP contribution is 2.44. The van der Waals surface area contributed by atoms with Gasteiger partial charge < -0.3 is 33.7 Å². The van der Waals surface area contributed by atoms with Crippen LogP contribution in [-0.4, -0.2) is 71.3 Å². The van der Waals surface area contributed by atoms with Crippen molar-refractivity contribution in [3.05, 3.63) is 92.2 Å². The van der Waals surface area contributed by atoms with Crippen molar-refractivity contribution >= 4 is 77.3 Å². The fourth-order valence-corrected chi connectivity index (χ4v) is 8.61. The molecule has 1 saturated heterocycles. The number of pyridine rings is 1. The first-order chi connectivity index (χ1) is 30.3. The van der Waals surface area contributed by atoms with Gasteiger partial charge in [0.15, 0.2) is 5.43 Å². The number of nitroso groups, excluding NO2 is 1. The molecule has 1 fully saturated rings. The quantitative estimate of drug-likeness (QED) is 0.0733. The summed E-state index contributed by atoms with van der Waals surface area (Å²) in [6.07, 6.45) is -0.919. The van der Waals surface area contributed by atoms with Crippen molar-refractivity contribution in [2.75, 3.05) is 13.7 Å². The van der Waals surface area contributed by atoms with Crippen LogP contribution in [0.5, 0.6) is 17.2 Å². The third-order valence-electron chi connectivity index (χ3n) is 11.6. The number of amides is 2. The Balaban J connectivity index is 1.57. The normalized spacial score (nSPS) is 16.1. The number of carbonyl (C=O) groups is 3. The van der Waals surface area contributed by atoms with E-state index in [1.54, 1.807) is 48.5 Å². The molecule has 17 nitrogen and oxygen atoms in total. The monoisotopic (exact) mass is 876 g/mol. The zero-order valence-electron chi connectivity index (χ0n) is 37.1. The van der Waals surface area contributed by atoms with Crippen LogP contribution in [0.15, 0.2) is 59.5 Å². The van der Waals surface area contributed by atoms with Gasteiger partial charge in [-0.1, -0.05) is 13.8 Å². The lowest BCUT2D eigenvalue weighted by atomic mass is 9.90. The summed E-state index contributed by atoms with van der Waals surface area (Å²) in [4.78, 5) is 128. The number of benzene rings is 5. The lowest BCUT2D eigenvalue weighted by Crippen LogP contribution is -2.63. The van der Waals surface area contributed by atoms with E-state index in [1.165, 1.54) is 44.4 Å². The molecule has 1 aromatic heterocycles. The van der Waals surface area contributed by atoms with E-state index in [1.807, 2.05) is 6.92 Å². The van der Waals surface area contributed by atoms with Gasteiger partial charge in [0.2, 0.25) is 28.1 Å². The predicted octanol–water partition coefficient (Wildman–Crippen LogP) is 5.09. The Morgan fingerprint density at radius 3 is 1.86 bits per heavy atom. The van der Waals surface area contributed by atoms with Gasteiger partial charge in [-0.15, -0.1) is 4.91 Å². The number of fused-ring (bicyclic) bond motifs is 6. The topological polar surface area (TPSA) is 223 Å². The number of carbonyl (C=O) groups excluding carboxylic acids is 3. The molecule has 2 heterocycles. The van der Waals surface area contributed by atoms with Gasteiger partial charge in [-0.05, 0) is 96.3 Å². The summed E-state index contributed by atoms with van der Waals surface area (Å²) in [7, 11) is 1.23. The van der Waals surface area contributed by atoms with Crippen molar-refractivity contribution < 1.29 is 33.3 Å². The van der Waals surface area contributed by atoms with Gasteiger partial charge in [0.1, 0.15) is 41.6 Å². The van der Waals surface area contributed by atoms with Crippen molar-refractivity contribution in [2.45, 2.75) is 112 Å². The molecule has 1 aliphatic heterocycles. The Morgan fingerprint density at radius 1 is 0.734 bits per heavy atom. The van der Waals surface area contributed by atoms with Gasteiger partial charge >= 0.3 is 5.97 Å². The van der Waals surface area contributed by atoms with Crippen LogP contribution in [0, 0.1) is 4.91 Å². The smallest absolute Gasteiger partial charge is 0.330 e. The number of nitrogens with zero attached hydrogens (tertiary/aromatic N) is 3. The molecule has 0 spiro atoms. The van der Waals surface area contributed by atoms with E-state index < -0.39 is 110 Å². The molecule has 1 aliphatic rings. The molecule has 0 saturated carbocycles. The van der Waals surface area contributed by atoms with Gasteiger partial charge in [-0.2, -0.15) is 0 Å². The van der Waals surface area contributed by atoms with E-state index in [0.29, 0.717) is 6.42 Å². The maximum absolute atomic E-state index is 15.0. The van der Waals surface area contributed by atoms with Crippen molar-refractivity contribution in [3.8, 4) is 17.2 Å². The van der Waals surface area contributed by atoms with Crippen molar-refractivity contribution in [1.29, 1.82) is 0 Å². The van der Waals surface area contributed by atoms with E-state index in [9.17, 15) is 38.5 Å². The number of nitrogens with one attached hydrogen (secondary N) is 1. The second-order valence-corrected chi connectivity index (χ2v) is 16.9. The van der Waals surface area contributed by atoms with Crippen LogP contribution in [0.2, 0.25) is 0 Å². The van der Waals surface area contributed by atoms with E-state index in [2.05, 4.69) is 10.5 Å². The molecule has 334 valence electrons. The predicted molar refractivity (Wildman–Crippen MR) is 242 cm³/mol. The van der Waals surface area contributed by atoms with Crippen LogP contribution < -0.4 is 46.8 Å². The lowest BCUT2D eigenvalue weighted by Gasteiger charge is -2.37. The maximum atomic E-state index is 15.0. The summed E-state index contributed by atoms with van der Waals surface area (Å²) in [5, 5.41) is 2.79. The average Bonchev–Trinajstić information content (AvgIpc) is 3.24. The van der Waals surface area contributed by atoms with E-state index >= 15 is 4.79 Å². The minimum Gasteiger partial charge on any atom is -0.495 e. The van der Waals surface area contributed by atoms with E-state index in [4.69, 9.17) is 18.9 Å². The summed E-state index contributed by atoms with van der Waals surface area (Å²) >= 11 is 0. The maximum Gasteiger partial charge on any atom is 0.330 e. The fourth-order valence-electron chi connectivity index (χ4n) is 8.61. The van der Waals surface area contributed by atoms with Crippen LogP contribution in [0.4, 0.5) is 5.69 Å². The van der Waals surface area contributed by atoms with Gasteiger partial charge in [-0.25, -0.2) is 4.79 Å². The minimum atomic E-state index is -1.18. The number of esters is 1. The average molecular weight is 877 g/mol. The number of rotatable bonds is 12. The second-order valence-electron chi connectivity index (χ2n) is 16.9. The Morgan fingerprint density at radius 2 is 1.31 bits per heavy atom. The Bertz CT molecular complexity index is 3270. The number of aromatic nitrogens is 1. The highest BCUT2D eigenvalue weighted by Gasteiger charge is 2.39. The van der Waals surface area contributed by atoms with Gasteiger partial charge in [-0.3, -0.25) is 33.6 Å². The van der Waals surface area contributed by atoms with Crippen LogP contribution in [0.1, 0.15) is 80.3 Å². The number of hydrogen-bond acceptors (Lipinski definition) is 14. The van der Waals surface area contributed by atoms with Gasteiger partial charge in [0, 0.05) is 32.6 Å². The molecular formula is C47H48N4O13. The van der Waals surface area contributed by atoms with Gasteiger partial charge in [0.25, 0.3) is 5.56 Å². The summed E-state index contributed by atoms with van der Waals surface area (Å²) in [5.41, 5.74) is -4.79. The molecule has 3 atom stereocenters. The summed E-state index contributed by atoms with van der Waals surface area (Å²) in [6.45, 7) is 14.3. The summed E-state index contributed by atoms with van der Waals surface area (Å²) in [6, 6.07) is 4.84. The van der Waals surface area contributed by atoms with Crippen LogP contribution in [0.3, 0.4) is 0 Å². The van der Waals surface area contributed by atoms with Crippen molar-refractivity contribution in [3.63, 3.8) is 0 Å². The molecule has 1 N–H and O–H groups in total. The lowest BCUT2D eigenvalue weighted by molar-refractivity contribution is -0.157. The van der Waals surface area contributed by atoms with Crippen molar-refractivity contribution in [2.24, 2.45) is 5.18 Å². The molecule has 64 heavy (non-hydrogen) atoms. The third kappa shape index (κ3) is 7.21. The molecule has 2 amide bonds. The largest absolute Gasteiger partial charge is 0.495 e. The highest BCUT2D eigenvalue weighted by molar-refractivity contribution is 6.26. The van der Waals surface area contributed by atoms with Crippen LogP contribution in [-0.2, 0) is 25.7 Å². The SMILES string of the molecule is CCC(C)c1cc2c(=O)c3ccc4c(OC)c5c(=O)c6c(OC(C)C)ccc(OC(C)C)c6c(=O)c5c(N=O)c4c3c(=O)c2c(=O)n1CC(=O)N1CC(C(=O)OC(C)C)NC(=O)C1C. The first-order valence-electron chi connectivity index (χ1n) is 21.1. The molecular weight excluding hydrogens is 829 g/mol. The summed E-state index contributed by atoms with van der Waals surface area (Å²) in [5.74, 6) is -2.63. The molecule has 0 aliphatic carbocycles. The Kier molecular flexibility index (Phi) is 11.9. The standard InChI is InChI=1S/C47H48N4O13/c1-11-22(8)28-16-26-34(46(58)51(28)18-31(52)50-17-27(47(59)64-21(6)7)48-45(57)23(50)9)41(54)33-24(40(26)53)12-13-25-32(33)39(49-60)37-38(44(25)61-10)43(56)36-30(63-20(4)5)15-14-29(62-19(2)3)35(36)42(37)55/h12-16,19-23,27H,11,17-18H2,1-10H3,(H,48,57). The molecule has 0 bridgehead atoms. The Labute approximate surface area is 364 Å². The molecule has 0 radical (unpaired) electrons. The number of methoxy groups -OCH3 is 1. The van der Waals surface area contributed by atoms with Crippen LogP contribution >= 0.6 is 0 Å².